The molecule has 2 aromatic rings. The van der Waals surface area contributed by atoms with Crippen LogP contribution in [0, 0.1) is 13.8 Å². The van der Waals surface area contributed by atoms with Gasteiger partial charge >= 0.3 is 0 Å². The number of carbonyl (C=O) groups is 1. The summed E-state index contributed by atoms with van der Waals surface area (Å²) >= 11 is 0. The number of hydrogen-bond acceptors (Lipinski definition) is 7. The lowest BCUT2D eigenvalue weighted by Gasteiger charge is -2.35. The molecule has 1 aromatic heterocycles. The van der Waals surface area contributed by atoms with E-state index in [4.69, 9.17) is 9.26 Å². The van der Waals surface area contributed by atoms with Gasteiger partial charge in [-0.1, -0.05) is 17.3 Å². The van der Waals surface area contributed by atoms with Crippen molar-refractivity contribution >= 4 is 15.9 Å². The van der Waals surface area contributed by atoms with E-state index in [1.165, 1.54) is 4.31 Å². The second-order valence-electron chi connectivity index (χ2n) is 8.34. The predicted octanol–water partition coefficient (Wildman–Crippen LogP) is 1.97. The molecule has 10 heteroatoms. The van der Waals surface area contributed by atoms with E-state index in [2.05, 4.69) is 16.1 Å². The molecule has 4 rings (SSSR count). The number of likely N-dealkylation sites (tertiary alicyclic amines) is 1. The summed E-state index contributed by atoms with van der Waals surface area (Å²) in [7, 11) is -2.03. The van der Waals surface area contributed by atoms with Crippen molar-refractivity contribution in [2.24, 2.45) is 0 Å². The molecule has 0 bridgehead atoms. The van der Waals surface area contributed by atoms with Crippen LogP contribution in [0.5, 0.6) is 5.75 Å². The Morgan fingerprint density at radius 2 is 1.94 bits per heavy atom. The molecule has 2 fully saturated rings. The SMILES string of the molecule is COc1cccc(C2CCCN2CC(=O)N2CCN(S(=O)(=O)c3c(C)noc3C)CC2)c1. The summed E-state index contributed by atoms with van der Waals surface area (Å²) in [4.78, 5) is 17.1. The van der Waals surface area contributed by atoms with E-state index in [1.54, 1.807) is 25.9 Å². The van der Waals surface area contributed by atoms with E-state index >= 15 is 0 Å². The van der Waals surface area contributed by atoms with Crippen molar-refractivity contribution in [1.82, 2.24) is 19.3 Å². The van der Waals surface area contributed by atoms with Crippen molar-refractivity contribution < 1.29 is 22.5 Å². The summed E-state index contributed by atoms with van der Waals surface area (Å²) in [5.74, 6) is 1.14. The number of aryl methyl sites for hydroxylation is 2. The average Bonchev–Trinajstić information content (AvgIpc) is 3.39. The monoisotopic (exact) mass is 462 g/mol. The van der Waals surface area contributed by atoms with Gasteiger partial charge in [0.1, 0.15) is 16.3 Å². The van der Waals surface area contributed by atoms with E-state index in [0.29, 0.717) is 31.1 Å². The second-order valence-corrected chi connectivity index (χ2v) is 10.2. The fourth-order valence-electron chi connectivity index (χ4n) is 4.67. The Kier molecular flexibility index (Phi) is 6.55. The van der Waals surface area contributed by atoms with Crippen molar-refractivity contribution in [1.29, 1.82) is 0 Å². The summed E-state index contributed by atoms with van der Waals surface area (Å²) in [5, 5.41) is 3.76. The molecule has 1 atom stereocenters. The molecular formula is C22H30N4O5S. The summed E-state index contributed by atoms with van der Waals surface area (Å²) in [5.41, 5.74) is 1.52. The molecule has 0 N–H and O–H groups in total. The number of carbonyl (C=O) groups excluding carboxylic acids is 1. The number of aromatic nitrogens is 1. The van der Waals surface area contributed by atoms with Gasteiger partial charge in [-0.15, -0.1) is 0 Å². The maximum atomic E-state index is 13.0. The molecule has 1 aromatic carbocycles. The average molecular weight is 463 g/mol. The summed E-state index contributed by atoms with van der Waals surface area (Å²) in [6, 6.07) is 8.20. The highest BCUT2D eigenvalue weighted by Crippen LogP contribution is 2.33. The van der Waals surface area contributed by atoms with Crippen LogP contribution < -0.4 is 4.74 Å². The number of sulfonamides is 1. The minimum Gasteiger partial charge on any atom is -0.497 e. The smallest absolute Gasteiger partial charge is 0.248 e. The number of hydrogen-bond donors (Lipinski definition) is 0. The lowest BCUT2D eigenvalue weighted by Crippen LogP contribution is -2.52. The molecule has 0 saturated carbocycles. The number of rotatable bonds is 6. The van der Waals surface area contributed by atoms with E-state index in [9.17, 15) is 13.2 Å². The molecule has 0 radical (unpaired) electrons. The fourth-order valence-corrected chi connectivity index (χ4v) is 6.38. The molecule has 0 aliphatic carbocycles. The lowest BCUT2D eigenvalue weighted by molar-refractivity contribution is -0.133. The molecule has 1 amide bonds. The van der Waals surface area contributed by atoms with E-state index in [0.717, 1.165) is 30.7 Å². The minimum absolute atomic E-state index is 0.0363. The van der Waals surface area contributed by atoms with Gasteiger partial charge in [-0.25, -0.2) is 8.42 Å². The van der Waals surface area contributed by atoms with Crippen LogP contribution in [0.3, 0.4) is 0 Å². The van der Waals surface area contributed by atoms with Gasteiger partial charge in [0.05, 0.1) is 13.7 Å². The molecule has 32 heavy (non-hydrogen) atoms. The number of ether oxygens (including phenoxy) is 1. The van der Waals surface area contributed by atoms with Crippen molar-refractivity contribution in [2.45, 2.75) is 37.6 Å². The summed E-state index contributed by atoms with van der Waals surface area (Å²) < 4.78 is 37.8. The number of amides is 1. The lowest BCUT2D eigenvalue weighted by atomic mass is 10.0. The summed E-state index contributed by atoms with van der Waals surface area (Å²) in [6.45, 7) is 5.69. The van der Waals surface area contributed by atoms with Crippen molar-refractivity contribution in [3.05, 3.63) is 41.3 Å². The Morgan fingerprint density at radius 3 is 2.59 bits per heavy atom. The highest BCUT2D eigenvalue weighted by Gasteiger charge is 2.35. The Morgan fingerprint density at radius 1 is 1.19 bits per heavy atom. The van der Waals surface area contributed by atoms with E-state index in [-0.39, 0.29) is 29.9 Å². The van der Waals surface area contributed by atoms with Crippen LogP contribution in [0.25, 0.3) is 0 Å². The third-order valence-corrected chi connectivity index (χ3v) is 8.48. The first-order chi connectivity index (χ1) is 15.3. The minimum atomic E-state index is -3.69. The number of piperazine rings is 1. The maximum absolute atomic E-state index is 13.0. The molecule has 1 unspecified atom stereocenters. The Hall–Kier alpha value is -2.43. The van der Waals surface area contributed by atoms with Crippen LogP contribution in [-0.4, -0.2) is 80.0 Å². The fraction of sp³-hybridized carbons (Fsp3) is 0.545. The zero-order chi connectivity index (χ0) is 22.9. The molecule has 3 heterocycles. The van der Waals surface area contributed by atoms with Crippen molar-refractivity contribution in [3.8, 4) is 5.75 Å². The van der Waals surface area contributed by atoms with Gasteiger partial charge in [-0.2, -0.15) is 4.31 Å². The second kappa shape index (κ2) is 9.21. The van der Waals surface area contributed by atoms with Gasteiger partial charge in [0, 0.05) is 32.2 Å². The quantitative estimate of drug-likeness (QED) is 0.648. The standard InChI is InChI=1S/C22H30N4O5S/c1-16-22(17(2)31-23-16)32(28,29)26-12-10-24(11-13-26)21(27)15-25-9-5-8-20(25)18-6-4-7-19(14-18)30-3/h4,6-7,14,20H,5,8-13,15H2,1-3H3. The molecule has 2 aliphatic rings. The van der Waals surface area contributed by atoms with Crippen LogP contribution in [0.2, 0.25) is 0 Å². The molecular weight excluding hydrogens is 432 g/mol. The van der Waals surface area contributed by atoms with Crippen LogP contribution in [0.15, 0.2) is 33.7 Å². The first-order valence-electron chi connectivity index (χ1n) is 10.9. The first-order valence-corrected chi connectivity index (χ1v) is 12.3. The third-order valence-electron chi connectivity index (χ3n) is 6.34. The topological polar surface area (TPSA) is 96.2 Å². The van der Waals surface area contributed by atoms with Gasteiger partial charge in [0.15, 0.2) is 5.76 Å². The van der Waals surface area contributed by atoms with Crippen LogP contribution in [-0.2, 0) is 14.8 Å². The molecule has 2 saturated heterocycles. The van der Waals surface area contributed by atoms with Crippen LogP contribution in [0.1, 0.15) is 35.9 Å². The molecule has 0 spiro atoms. The van der Waals surface area contributed by atoms with Crippen LogP contribution >= 0.6 is 0 Å². The molecule has 9 nitrogen and oxygen atoms in total. The summed E-state index contributed by atoms with van der Waals surface area (Å²) in [6.07, 6.45) is 2.04. The van der Waals surface area contributed by atoms with E-state index < -0.39 is 10.0 Å². The van der Waals surface area contributed by atoms with Crippen LogP contribution in [0.4, 0.5) is 0 Å². The normalized spacial score (nSPS) is 20.6. The van der Waals surface area contributed by atoms with Crippen molar-refractivity contribution in [3.63, 3.8) is 0 Å². The molecule has 174 valence electrons. The predicted molar refractivity (Wildman–Crippen MR) is 118 cm³/mol. The Labute approximate surface area is 189 Å². The highest BCUT2D eigenvalue weighted by atomic mass is 32.2. The highest BCUT2D eigenvalue weighted by molar-refractivity contribution is 7.89. The Balaban J connectivity index is 1.37. The first kappa shape index (κ1) is 22.8. The number of nitrogens with zero attached hydrogens (tertiary/aromatic N) is 4. The van der Waals surface area contributed by atoms with Gasteiger partial charge in [0.2, 0.25) is 15.9 Å². The maximum Gasteiger partial charge on any atom is 0.248 e. The van der Waals surface area contributed by atoms with Gasteiger partial charge in [-0.05, 0) is 50.9 Å². The van der Waals surface area contributed by atoms with E-state index in [1.807, 2.05) is 18.2 Å². The number of benzene rings is 1. The zero-order valence-corrected chi connectivity index (χ0v) is 19.6. The zero-order valence-electron chi connectivity index (χ0n) is 18.8. The molecule has 2 aliphatic heterocycles. The largest absolute Gasteiger partial charge is 0.497 e. The Bertz CT molecular complexity index is 1060. The third kappa shape index (κ3) is 4.39. The van der Waals surface area contributed by atoms with Crippen molar-refractivity contribution in [2.75, 3.05) is 46.4 Å². The van der Waals surface area contributed by atoms with Gasteiger partial charge in [0.25, 0.3) is 0 Å². The number of methoxy groups -OCH3 is 1. The van der Waals surface area contributed by atoms with Gasteiger partial charge in [-0.3, -0.25) is 9.69 Å². The van der Waals surface area contributed by atoms with Gasteiger partial charge < -0.3 is 14.2 Å².